The van der Waals surface area contributed by atoms with Crippen LogP contribution in [0.15, 0.2) is 78.4 Å². The molecule has 0 saturated carbocycles. The summed E-state index contributed by atoms with van der Waals surface area (Å²) in [4.78, 5) is 12.5. The molecule has 0 atom stereocenters. The SMILES string of the molecule is COc1ccc(NC(=O)/C(C#N)=C/c2ccccc2Cc2ccccc2F)cc1. The number of carbonyl (C=O) groups is 1. The fourth-order valence-electron chi connectivity index (χ4n) is 2.86. The standard InChI is InChI=1S/C24H19FN2O2/c1-29-22-12-10-21(11-13-22)27-24(28)20(16-26)15-18-7-3-2-6-17(18)14-19-8-4-5-9-23(19)25/h2-13,15H,14H2,1H3,(H,27,28)/b20-15+. The third kappa shape index (κ3) is 5.08. The van der Waals surface area contributed by atoms with Gasteiger partial charge in [0.05, 0.1) is 7.11 Å². The van der Waals surface area contributed by atoms with Gasteiger partial charge < -0.3 is 10.1 Å². The molecular formula is C24H19FN2O2. The van der Waals surface area contributed by atoms with Crippen LogP contribution in [-0.2, 0) is 11.2 Å². The number of ether oxygens (including phenoxy) is 1. The first-order valence-electron chi connectivity index (χ1n) is 8.99. The summed E-state index contributed by atoms with van der Waals surface area (Å²) in [6.45, 7) is 0. The Labute approximate surface area is 168 Å². The molecule has 0 radical (unpaired) electrons. The van der Waals surface area contributed by atoms with E-state index in [2.05, 4.69) is 5.32 Å². The molecule has 0 aliphatic rings. The summed E-state index contributed by atoms with van der Waals surface area (Å²) in [6.07, 6.45) is 1.88. The van der Waals surface area contributed by atoms with Gasteiger partial charge in [0.1, 0.15) is 23.2 Å². The maximum Gasteiger partial charge on any atom is 0.266 e. The first-order valence-corrected chi connectivity index (χ1v) is 8.99. The fraction of sp³-hybridized carbons (Fsp3) is 0.0833. The number of carbonyl (C=O) groups excluding carboxylic acids is 1. The molecule has 144 valence electrons. The average molecular weight is 386 g/mol. The lowest BCUT2D eigenvalue weighted by Crippen LogP contribution is -2.13. The Morgan fingerprint density at radius 1 is 1.03 bits per heavy atom. The Kier molecular flexibility index (Phi) is 6.39. The number of anilines is 1. The summed E-state index contributed by atoms with van der Waals surface area (Å²) < 4.78 is 19.1. The summed E-state index contributed by atoms with van der Waals surface area (Å²) in [6, 6.07) is 22.6. The minimum Gasteiger partial charge on any atom is -0.497 e. The van der Waals surface area contributed by atoms with Gasteiger partial charge in [-0.15, -0.1) is 0 Å². The van der Waals surface area contributed by atoms with Gasteiger partial charge in [0.15, 0.2) is 0 Å². The van der Waals surface area contributed by atoms with Gasteiger partial charge in [0.25, 0.3) is 5.91 Å². The largest absolute Gasteiger partial charge is 0.497 e. The Bertz CT molecular complexity index is 1080. The number of hydrogen-bond donors (Lipinski definition) is 1. The number of halogens is 1. The summed E-state index contributed by atoms with van der Waals surface area (Å²) in [5.41, 5.74) is 2.58. The van der Waals surface area contributed by atoms with Crippen LogP contribution < -0.4 is 10.1 Å². The van der Waals surface area contributed by atoms with E-state index in [0.717, 1.165) is 5.56 Å². The molecule has 0 saturated heterocycles. The van der Waals surface area contributed by atoms with Crippen molar-refractivity contribution in [3.8, 4) is 11.8 Å². The van der Waals surface area contributed by atoms with Crippen molar-refractivity contribution in [2.24, 2.45) is 0 Å². The predicted octanol–water partition coefficient (Wildman–Crippen LogP) is 4.97. The number of hydrogen-bond acceptors (Lipinski definition) is 3. The zero-order valence-electron chi connectivity index (χ0n) is 15.9. The van der Waals surface area contributed by atoms with Gasteiger partial charge in [-0.1, -0.05) is 42.5 Å². The van der Waals surface area contributed by atoms with Crippen LogP contribution >= 0.6 is 0 Å². The van der Waals surface area contributed by atoms with Gasteiger partial charge in [-0.05, 0) is 53.1 Å². The van der Waals surface area contributed by atoms with Crippen molar-refractivity contribution < 1.29 is 13.9 Å². The highest BCUT2D eigenvalue weighted by Gasteiger charge is 2.12. The van der Waals surface area contributed by atoms with E-state index in [1.807, 2.05) is 24.3 Å². The molecule has 29 heavy (non-hydrogen) atoms. The number of methoxy groups -OCH3 is 1. The molecule has 0 fully saturated rings. The van der Waals surface area contributed by atoms with E-state index in [4.69, 9.17) is 4.74 Å². The van der Waals surface area contributed by atoms with Crippen molar-refractivity contribution >= 4 is 17.7 Å². The second kappa shape index (κ2) is 9.34. The highest BCUT2D eigenvalue weighted by Crippen LogP contribution is 2.20. The van der Waals surface area contributed by atoms with Crippen molar-refractivity contribution in [3.63, 3.8) is 0 Å². The first kappa shape index (κ1) is 19.8. The number of nitrogens with one attached hydrogen (secondary N) is 1. The number of nitrogens with zero attached hydrogens (tertiary/aromatic N) is 1. The Balaban J connectivity index is 1.84. The normalized spacial score (nSPS) is 10.9. The van der Waals surface area contributed by atoms with Gasteiger partial charge in [0.2, 0.25) is 0 Å². The van der Waals surface area contributed by atoms with Gasteiger partial charge in [-0.3, -0.25) is 4.79 Å². The van der Waals surface area contributed by atoms with E-state index in [0.29, 0.717) is 29.0 Å². The van der Waals surface area contributed by atoms with Gasteiger partial charge in [0, 0.05) is 12.1 Å². The highest BCUT2D eigenvalue weighted by molar-refractivity contribution is 6.09. The van der Waals surface area contributed by atoms with Crippen LogP contribution in [0.3, 0.4) is 0 Å². The van der Waals surface area contributed by atoms with Crippen LogP contribution in [0.25, 0.3) is 6.08 Å². The molecule has 0 aromatic heterocycles. The van der Waals surface area contributed by atoms with E-state index in [9.17, 15) is 14.4 Å². The number of nitriles is 1. The quantitative estimate of drug-likeness (QED) is 0.481. The van der Waals surface area contributed by atoms with Gasteiger partial charge >= 0.3 is 0 Å². The van der Waals surface area contributed by atoms with Crippen LogP contribution in [0.4, 0.5) is 10.1 Å². The molecule has 0 unspecified atom stereocenters. The summed E-state index contributed by atoms with van der Waals surface area (Å²) in [5, 5.41) is 12.2. The third-order valence-electron chi connectivity index (χ3n) is 4.41. The first-order chi connectivity index (χ1) is 14.1. The van der Waals surface area contributed by atoms with Crippen molar-refractivity contribution in [3.05, 3.63) is 101 Å². The maximum atomic E-state index is 14.0. The van der Waals surface area contributed by atoms with Crippen LogP contribution in [0.1, 0.15) is 16.7 Å². The van der Waals surface area contributed by atoms with Gasteiger partial charge in [-0.25, -0.2) is 4.39 Å². The van der Waals surface area contributed by atoms with E-state index in [-0.39, 0.29) is 11.4 Å². The Hall–Kier alpha value is -3.91. The van der Waals surface area contributed by atoms with E-state index in [1.165, 1.54) is 12.1 Å². The minimum atomic E-state index is -0.515. The molecule has 4 nitrogen and oxygen atoms in total. The zero-order valence-corrected chi connectivity index (χ0v) is 15.9. The monoisotopic (exact) mass is 386 g/mol. The Morgan fingerprint density at radius 2 is 1.69 bits per heavy atom. The molecule has 1 N–H and O–H groups in total. The van der Waals surface area contributed by atoms with Crippen molar-refractivity contribution in [2.75, 3.05) is 12.4 Å². The molecule has 0 heterocycles. The molecule has 3 rings (SSSR count). The van der Waals surface area contributed by atoms with Crippen molar-refractivity contribution in [1.29, 1.82) is 5.26 Å². The molecule has 3 aromatic carbocycles. The second-order valence-corrected chi connectivity index (χ2v) is 6.32. The lowest BCUT2D eigenvalue weighted by atomic mass is 9.98. The van der Waals surface area contributed by atoms with Crippen molar-refractivity contribution in [1.82, 2.24) is 0 Å². The third-order valence-corrected chi connectivity index (χ3v) is 4.41. The van der Waals surface area contributed by atoms with Gasteiger partial charge in [-0.2, -0.15) is 5.26 Å². The number of benzene rings is 3. The smallest absolute Gasteiger partial charge is 0.266 e. The summed E-state index contributed by atoms with van der Waals surface area (Å²) >= 11 is 0. The van der Waals surface area contributed by atoms with Crippen molar-refractivity contribution in [2.45, 2.75) is 6.42 Å². The minimum absolute atomic E-state index is 0.0400. The summed E-state index contributed by atoms with van der Waals surface area (Å²) in [7, 11) is 1.56. The molecule has 0 spiro atoms. The van der Waals surface area contributed by atoms with Crippen LogP contribution in [-0.4, -0.2) is 13.0 Å². The molecule has 0 bridgehead atoms. The topological polar surface area (TPSA) is 62.1 Å². The van der Waals surface area contributed by atoms with Crippen LogP contribution in [0.2, 0.25) is 0 Å². The average Bonchev–Trinajstić information content (AvgIpc) is 2.75. The lowest BCUT2D eigenvalue weighted by Gasteiger charge is -2.09. The van der Waals surface area contributed by atoms with E-state index in [1.54, 1.807) is 55.6 Å². The predicted molar refractivity (Wildman–Crippen MR) is 111 cm³/mol. The lowest BCUT2D eigenvalue weighted by molar-refractivity contribution is -0.112. The van der Waals surface area contributed by atoms with Crippen LogP contribution in [0.5, 0.6) is 5.75 Å². The van der Waals surface area contributed by atoms with E-state index < -0.39 is 5.91 Å². The summed E-state index contributed by atoms with van der Waals surface area (Å²) in [5.74, 6) is -0.136. The zero-order chi connectivity index (χ0) is 20.6. The molecule has 1 amide bonds. The maximum absolute atomic E-state index is 14.0. The number of rotatable bonds is 6. The highest BCUT2D eigenvalue weighted by atomic mass is 19.1. The second-order valence-electron chi connectivity index (χ2n) is 6.32. The Morgan fingerprint density at radius 3 is 2.34 bits per heavy atom. The van der Waals surface area contributed by atoms with E-state index >= 15 is 0 Å². The molecule has 0 aliphatic heterocycles. The molecular weight excluding hydrogens is 367 g/mol. The fourth-order valence-corrected chi connectivity index (χ4v) is 2.86. The van der Waals surface area contributed by atoms with Crippen LogP contribution in [0, 0.1) is 17.1 Å². The molecule has 3 aromatic rings. The number of amides is 1. The molecule has 0 aliphatic carbocycles. The molecule has 5 heteroatoms.